The number of aromatic nitrogens is 3. The van der Waals surface area contributed by atoms with E-state index in [1.165, 1.54) is 0 Å². The maximum Gasteiger partial charge on any atom is 0.188 e. The third kappa shape index (κ3) is 4.49. The number of nitrogens with one attached hydrogen (secondary N) is 1. The van der Waals surface area contributed by atoms with Gasteiger partial charge in [-0.3, -0.25) is 4.98 Å². The summed E-state index contributed by atoms with van der Waals surface area (Å²) in [5.74, 6) is 0.782. The SMILES string of the molecule is CCCNc1ccnc(CSc2nc(C)cc(C)n2)c1. The van der Waals surface area contributed by atoms with Crippen LogP contribution in [-0.4, -0.2) is 21.5 Å². The summed E-state index contributed by atoms with van der Waals surface area (Å²) in [6.45, 7) is 7.12. The fraction of sp³-hybridized carbons (Fsp3) is 0.400. The first kappa shape index (κ1) is 14.8. The van der Waals surface area contributed by atoms with Gasteiger partial charge >= 0.3 is 0 Å². The second-order valence-corrected chi connectivity index (χ2v) is 5.63. The molecule has 5 heteroatoms. The zero-order chi connectivity index (χ0) is 14.4. The van der Waals surface area contributed by atoms with E-state index in [0.717, 1.165) is 46.6 Å². The van der Waals surface area contributed by atoms with Crippen molar-refractivity contribution in [1.29, 1.82) is 0 Å². The molecule has 0 atom stereocenters. The number of anilines is 1. The van der Waals surface area contributed by atoms with Crippen molar-refractivity contribution in [1.82, 2.24) is 15.0 Å². The lowest BCUT2D eigenvalue weighted by Gasteiger charge is -2.06. The molecule has 0 saturated carbocycles. The smallest absolute Gasteiger partial charge is 0.188 e. The average Bonchev–Trinajstić information content (AvgIpc) is 2.42. The Morgan fingerprint density at radius 1 is 1.15 bits per heavy atom. The van der Waals surface area contributed by atoms with Gasteiger partial charge in [-0.05, 0) is 38.5 Å². The van der Waals surface area contributed by atoms with Crippen LogP contribution in [0.1, 0.15) is 30.4 Å². The molecule has 0 unspecified atom stereocenters. The minimum atomic E-state index is 0.782. The highest BCUT2D eigenvalue weighted by Crippen LogP contribution is 2.20. The predicted molar refractivity (Wildman–Crippen MR) is 84.1 cm³/mol. The van der Waals surface area contributed by atoms with E-state index in [4.69, 9.17) is 0 Å². The zero-order valence-electron chi connectivity index (χ0n) is 12.2. The molecule has 0 aliphatic heterocycles. The van der Waals surface area contributed by atoms with Crippen molar-refractivity contribution in [2.75, 3.05) is 11.9 Å². The van der Waals surface area contributed by atoms with Crippen LogP contribution in [0.3, 0.4) is 0 Å². The third-order valence-corrected chi connectivity index (χ3v) is 3.59. The molecule has 0 radical (unpaired) electrons. The molecule has 0 saturated heterocycles. The van der Waals surface area contributed by atoms with Crippen molar-refractivity contribution in [3.63, 3.8) is 0 Å². The number of rotatable bonds is 6. The summed E-state index contributed by atoms with van der Waals surface area (Å²) in [4.78, 5) is 13.3. The lowest BCUT2D eigenvalue weighted by atomic mass is 10.3. The fourth-order valence-corrected chi connectivity index (χ4v) is 2.68. The number of hydrogen-bond acceptors (Lipinski definition) is 5. The number of aryl methyl sites for hydroxylation is 2. The van der Waals surface area contributed by atoms with Gasteiger partial charge in [-0.1, -0.05) is 18.7 Å². The van der Waals surface area contributed by atoms with Crippen molar-refractivity contribution in [2.45, 2.75) is 38.1 Å². The second-order valence-electron chi connectivity index (χ2n) is 4.68. The molecule has 1 N–H and O–H groups in total. The Kier molecular flexibility index (Phi) is 5.35. The normalized spacial score (nSPS) is 10.6. The van der Waals surface area contributed by atoms with E-state index >= 15 is 0 Å². The van der Waals surface area contributed by atoms with Gasteiger partial charge in [0, 0.05) is 35.6 Å². The summed E-state index contributed by atoms with van der Waals surface area (Å²) in [6.07, 6.45) is 2.96. The summed E-state index contributed by atoms with van der Waals surface area (Å²) in [5.41, 5.74) is 4.18. The van der Waals surface area contributed by atoms with E-state index in [0.29, 0.717) is 0 Å². The lowest BCUT2D eigenvalue weighted by Crippen LogP contribution is -2.00. The molecule has 0 spiro atoms. The molecule has 0 bridgehead atoms. The topological polar surface area (TPSA) is 50.7 Å². The van der Waals surface area contributed by atoms with Crippen LogP contribution >= 0.6 is 11.8 Å². The first-order valence-corrected chi connectivity index (χ1v) is 7.80. The monoisotopic (exact) mass is 288 g/mol. The van der Waals surface area contributed by atoms with Crippen LogP contribution in [0, 0.1) is 13.8 Å². The van der Waals surface area contributed by atoms with Crippen molar-refractivity contribution >= 4 is 17.4 Å². The number of thioether (sulfide) groups is 1. The van der Waals surface area contributed by atoms with Gasteiger partial charge < -0.3 is 5.32 Å². The van der Waals surface area contributed by atoms with E-state index in [9.17, 15) is 0 Å². The highest BCUT2D eigenvalue weighted by atomic mass is 32.2. The molecule has 0 fully saturated rings. The summed E-state index contributed by atoms with van der Waals surface area (Å²) in [6, 6.07) is 6.07. The number of pyridine rings is 1. The Balaban J connectivity index is 1.99. The molecule has 20 heavy (non-hydrogen) atoms. The molecule has 106 valence electrons. The van der Waals surface area contributed by atoms with E-state index < -0.39 is 0 Å². The van der Waals surface area contributed by atoms with Crippen LogP contribution in [-0.2, 0) is 5.75 Å². The van der Waals surface area contributed by atoms with Gasteiger partial charge in [0.05, 0.1) is 5.69 Å². The molecule has 2 aromatic rings. The molecule has 0 aliphatic carbocycles. The van der Waals surface area contributed by atoms with Crippen molar-refractivity contribution < 1.29 is 0 Å². The van der Waals surface area contributed by atoms with E-state index in [-0.39, 0.29) is 0 Å². The maximum atomic E-state index is 4.43. The zero-order valence-corrected chi connectivity index (χ0v) is 13.0. The van der Waals surface area contributed by atoms with Gasteiger partial charge in [-0.25, -0.2) is 9.97 Å². The molecular formula is C15H20N4S. The van der Waals surface area contributed by atoms with Crippen molar-refractivity contribution in [3.05, 3.63) is 41.5 Å². The Hall–Kier alpha value is -1.62. The van der Waals surface area contributed by atoms with E-state index in [2.05, 4.69) is 33.3 Å². The molecule has 2 heterocycles. The summed E-state index contributed by atoms with van der Waals surface area (Å²) < 4.78 is 0. The second kappa shape index (κ2) is 7.24. The molecule has 0 amide bonds. The average molecular weight is 288 g/mol. The van der Waals surface area contributed by atoms with Gasteiger partial charge in [-0.15, -0.1) is 0 Å². The Labute approximate surface area is 124 Å². The Morgan fingerprint density at radius 2 is 1.90 bits per heavy atom. The first-order valence-electron chi connectivity index (χ1n) is 6.81. The van der Waals surface area contributed by atoms with Crippen LogP contribution in [0.25, 0.3) is 0 Å². The fourth-order valence-electron chi connectivity index (χ4n) is 1.83. The van der Waals surface area contributed by atoms with Crippen LogP contribution in [0.5, 0.6) is 0 Å². The Morgan fingerprint density at radius 3 is 2.60 bits per heavy atom. The van der Waals surface area contributed by atoms with Gasteiger partial charge in [-0.2, -0.15) is 0 Å². The molecule has 4 nitrogen and oxygen atoms in total. The highest BCUT2D eigenvalue weighted by molar-refractivity contribution is 7.98. The highest BCUT2D eigenvalue weighted by Gasteiger charge is 2.03. The number of nitrogens with zero attached hydrogens (tertiary/aromatic N) is 3. The van der Waals surface area contributed by atoms with Gasteiger partial charge in [0.15, 0.2) is 5.16 Å². The van der Waals surface area contributed by atoms with Crippen molar-refractivity contribution in [3.8, 4) is 0 Å². The minimum absolute atomic E-state index is 0.782. The van der Waals surface area contributed by atoms with Crippen LogP contribution in [0.15, 0.2) is 29.6 Å². The molecule has 2 aromatic heterocycles. The quantitative estimate of drug-likeness (QED) is 0.650. The molecule has 2 rings (SSSR count). The van der Waals surface area contributed by atoms with Crippen LogP contribution < -0.4 is 5.32 Å². The number of hydrogen-bond donors (Lipinski definition) is 1. The standard InChI is InChI=1S/C15H20N4S/c1-4-6-16-13-5-7-17-14(9-13)10-20-15-18-11(2)8-12(3)19-15/h5,7-9H,4,6,10H2,1-3H3,(H,16,17). The van der Waals surface area contributed by atoms with Crippen LogP contribution in [0.2, 0.25) is 0 Å². The molecule has 0 aromatic carbocycles. The maximum absolute atomic E-state index is 4.43. The van der Waals surface area contributed by atoms with Gasteiger partial charge in [0.25, 0.3) is 0 Å². The first-order chi connectivity index (χ1) is 9.67. The predicted octanol–water partition coefficient (Wildman–Crippen LogP) is 3.60. The van der Waals surface area contributed by atoms with Gasteiger partial charge in [0.1, 0.15) is 0 Å². The minimum Gasteiger partial charge on any atom is -0.385 e. The summed E-state index contributed by atoms with van der Waals surface area (Å²) in [5, 5.41) is 4.19. The Bertz CT molecular complexity index is 551. The van der Waals surface area contributed by atoms with E-state index in [1.807, 2.05) is 32.2 Å². The summed E-state index contributed by atoms with van der Waals surface area (Å²) >= 11 is 1.62. The lowest BCUT2D eigenvalue weighted by molar-refractivity contribution is 0.901. The molecular weight excluding hydrogens is 268 g/mol. The largest absolute Gasteiger partial charge is 0.385 e. The van der Waals surface area contributed by atoms with Gasteiger partial charge in [0.2, 0.25) is 0 Å². The van der Waals surface area contributed by atoms with Crippen molar-refractivity contribution in [2.24, 2.45) is 0 Å². The van der Waals surface area contributed by atoms with Crippen LogP contribution in [0.4, 0.5) is 5.69 Å². The summed E-state index contributed by atoms with van der Waals surface area (Å²) in [7, 11) is 0. The molecule has 0 aliphatic rings. The third-order valence-electron chi connectivity index (χ3n) is 2.71. The van der Waals surface area contributed by atoms with E-state index in [1.54, 1.807) is 11.8 Å².